The molecule has 6 atom stereocenters. The van der Waals surface area contributed by atoms with Crippen molar-refractivity contribution in [3.05, 3.63) is 47.5 Å². The van der Waals surface area contributed by atoms with Gasteiger partial charge in [-0.1, -0.05) is 48.9 Å². The van der Waals surface area contributed by atoms with Crippen LogP contribution >= 0.6 is 0 Å². The highest BCUT2D eigenvalue weighted by Gasteiger charge is 2.58. The summed E-state index contributed by atoms with van der Waals surface area (Å²) in [6.45, 7) is 4.79. The van der Waals surface area contributed by atoms with Gasteiger partial charge in [-0.25, -0.2) is 4.79 Å². The fraction of sp³-hybridized carbons (Fsp3) is 0.615. The fourth-order valence-electron chi connectivity index (χ4n) is 7.47. The number of ether oxygens (including phenoxy) is 1. The van der Waals surface area contributed by atoms with Crippen LogP contribution in [-0.4, -0.2) is 23.0 Å². The summed E-state index contributed by atoms with van der Waals surface area (Å²) in [6, 6.07) is 9.33. The smallest absolute Gasteiger partial charge is 0.338 e. The Labute approximate surface area is 179 Å². The van der Waals surface area contributed by atoms with Gasteiger partial charge >= 0.3 is 5.97 Å². The van der Waals surface area contributed by atoms with Gasteiger partial charge in [-0.15, -0.1) is 0 Å². The Hall–Kier alpha value is -2.10. The Kier molecular flexibility index (Phi) is 4.79. The van der Waals surface area contributed by atoms with Crippen LogP contribution in [0.5, 0.6) is 0 Å². The first-order chi connectivity index (χ1) is 14.5. The van der Waals surface area contributed by atoms with Gasteiger partial charge in [0.2, 0.25) is 0 Å². The number of hydrogen-bond donors (Lipinski definition) is 1. The van der Waals surface area contributed by atoms with Crippen LogP contribution in [0.3, 0.4) is 0 Å². The summed E-state index contributed by atoms with van der Waals surface area (Å²) in [7, 11) is 0. The largest absolute Gasteiger partial charge is 0.458 e. The average Bonchev–Trinajstić information content (AvgIpc) is 3.11. The molecule has 4 heteroatoms. The first-order valence-corrected chi connectivity index (χ1v) is 11.6. The molecule has 4 aliphatic carbocycles. The molecule has 3 saturated carbocycles. The number of oxime groups is 1. The molecule has 0 spiro atoms. The van der Waals surface area contributed by atoms with Gasteiger partial charge in [0.05, 0.1) is 11.3 Å². The molecule has 1 N–H and O–H groups in total. The number of carbonyl (C=O) groups excluding carboxylic acids is 1. The molecule has 1 aromatic rings. The minimum Gasteiger partial charge on any atom is -0.458 e. The van der Waals surface area contributed by atoms with Crippen LogP contribution in [0, 0.1) is 28.6 Å². The standard InChI is InChI=1S/C26H33NO3/c1-25-14-12-19(30-24(28)17-6-4-3-5-7-17)16-18(25)8-9-20-21-10-11-23(27-29)26(21,2)15-13-22(20)25/h3-8,19-22,29H,9-16H2,1-2H3/t19?,20-,21-,22+,25-,26-/m0/s1. The summed E-state index contributed by atoms with van der Waals surface area (Å²) in [5.41, 5.74) is 3.48. The van der Waals surface area contributed by atoms with E-state index in [0.29, 0.717) is 23.3 Å². The number of esters is 1. The topological polar surface area (TPSA) is 58.9 Å². The maximum absolute atomic E-state index is 12.5. The molecule has 0 saturated heterocycles. The second-order valence-corrected chi connectivity index (χ2v) is 10.4. The van der Waals surface area contributed by atoms with Crippen LogP contribution < -0.4 is 0 Å². The number of nitrogens with zero attached hydrogens (tertiary/aromatic N) is 1. The van der Waals surface area contributed by atoms with E-state index in [-0.39, 0.29) is 22.9 Å². The highest BCUT2D eigenvalue weighted by atomic mass is 16.5. The summed E-state index contributed by atoms with van der Waals surface area (Å²) in [5, 5.41) is 13.2. The molecule has 4 nitrogen and oxygen atoms in total. The van der Waals surface area contributed by atoms with Gasteiger partial charge < -0.3 is 9.94 Å². The van der Waals surface area contributed by atoms with Gasteiger partial charge in [0.25, 0.3) is 0 Å². The lowest BCUT2D eigenvalue weighted by Gasteiger charge is -2.57. The normalized spacial score (nSPS) is 41.4. The highest BCUT2D eigenvalue weighted by Crippen LogP contribution is 2.64. The minimum atomic E-state index is -0.200. The summed E-state index contributed by atoms with van der Waals surface area (Å²) in [6.07, 6.45) is 11.0. The van der Waals surface area contributed by atoms with E-state index in [0.717, 1.165) is 50.7 Å². The first kappa shape index (κ1) is 19.8. The second kappa shape index (κ2) is 7.25. The molecule has 0 radical (unpaired) electrons. The van der Waals surface area contributed by atoms with Crippen LogP contribution in [0.1, 0.15) is 75.6 Å². The number of rotatable bonds is 2. The quantitative estimate of drug-likeness (QED) is 0.283. The maximum atomic E-state index is 12.5. The Morgan fingerprint density at radius 2 is 1.80 bits per heavy atom. The van der Waals surface area contributed by atoms with E-state index in [9.17, 15) is 10.0 Å². The Bertz CT molecular complexity index is 891. The highest BCUT2D eigenvalue weighted by molar-refractivity contribution is 5.92. The molecule has 1 unspecified atom stereocenters. The van der Waals surface area contributed by atoms with Gasteiger partial charge in [-0.05, 0) is 80.2 Å². The Morgan fingerprint density at radius 3 is 2.57 bits per heavy atom. The van der Waals surface area contributed by atoms with E-state index >= 15 is 0 Å². The zero-order chi connectivity index (χ0) is 20.9. The van der Waals surface area contributed by atoms with Gasteiger partial charge in [0, 0.05) is 11.8 Å². The van der Waals surface area contributed by atoms with Gasteiger partial charge in [0.1, 0.15) is 6.10 Å². The number of carbonyl (C=O) groups is 1. The van der Waals surface area contributed by atoms with E-state index in [2.05, 4.69) is 25.1 Å². The molecule has 0 heterocycles. The molecule has 5 rings (SSSR count). The molecule has 4 aliphatic rings. The van der Waals surface area contributed by atoms with Crippen LogP contribution in [-0.2, 0) is 4.74 Å². The van der Waals surface area contributed by atoms with Crippen molar-refractivity contribution in [3.8, 4) is 0 Å². The predicted molar refractivity (Wildman–Crippen MR) is 117 cm³/mol. The predicted octanol–water partition coefficient (Wildman–Crippen LogP) is 6.01. The van der Waals surface area contributed by atoms with Gasteiger partial charge in [-0.3, -0.25) is 0 Å². The van der Waals surface area contributed by atoms with Crippen molar-refractivity contribution in [1.29, 1.82) is 0 Å². The molecule has 0 aromatic heterocycles. The zero-order valence-corrected chi connectivity index (χ0v) is 18.1. The van der Waals surface area contributed by atoms with E-state index < -0.39 is 0 Å². The number of benzene rings is 1. The van der Waals surface area contributed by atoms with Gasteiger partial charge in [0.15, 0.2) is 0 Å². The summed E-state index contributed by atoms with van der Waals surface area (Å²) in [4.78, 5) is 12.5. The van der Waals surface area contributed by atoms with Crippen molar-refractivity contribution in [3.63, 3.8) is 0 Å². The van der Waals surface area contributed by atoms with Crippen molar-refractivity contribution < 1.29 is 14.7 Å². The lowest BCUT2D eigenvalue weighted by atomic mass is 9.48. The number of hydrogen-bond acceptors (Lipinski definition) is 4. The molecule has 160 valence electrons. The van der Waals surface area contributed by atoms with E-state index in [1.807, 2.05) is 30.3 Å². The van der Waals surface area contributed by atoms with E-state index in [4.69, 9.17) is 4.74 Å². The van der Waals surface area contributed by atoms with Crippen molar-refractivity contribution in [2.75, 3.05) is 0 Å². The van der Waals surface area contributed by atoms with Crippen molar-refractivity contribution in [2.45, 2.75) is 71.3 Å². The third kappa shape index (κ3) is 2.94. The van der Waals surface area contributed by atoms with Gasteiger partial charge in [-0.2, -0.15) is 0 Å². The van der Waals surface area contributed by atoms with Crippen LogP contribution in [0.25, 0.3) is 0 Å². The Morgan fingerprint density at radius 1 is 1.07 bits per heavy atom. The molecule has 1 aromatic carbocycles. The van der Waals surface area contributed by atoms with Crippen molar-refractivity contribution >= 4 is 11.7 Å². The van der Waals surface area contributed by atoms with E-state index in [1.165, 1.54) is 12.0 Å². The third-order valence-electron chi connectivity index (χ3n) is 9.20. The van der Waals surface area contributed by atoms with Crippen molar-refractivity contribution in [1.82, 2.24) is 0 Å². The molecule has 0 amide bonds. The molecule has 3 fully saturated rings. The van der Waals surface area contributed by atoms with Crippen molar-refractivity contribution in [2.24, 2.45) is 33.7 Å². The number of fused-ring (bicyclic) bond motifs is 5. The summed E-state index contributed by atoms with van der Waals surface area (Å²) in [5.74, 6) is 1.80. The fourth-order valence-corrected chi connectivity index (χ4v) is 7.47. The summed E-state index contributed by atoms with van der Waals surface area (Å²) < 4.78 is 5.90. The monoisotopic (exact) mass is 407 g/mol. The summed E-state index contributed by atoms with van der Waals surface area (Å²) >= 11 is 0. The molecule has 0 aliphatic heterocycles. The van der Waals surface area contributed by atoms with E-state index in [1.54, 1.807) is 0 Å². The SMILES string of the molecule is C[C@]12CCC(OC(=O)c3ccccc3)CC1=CC[C@@H]1[C@H]2CC[C@]2(C)C(=NO)CC[C@@H]12. The Balaban J connectivity index is 1.33. The molecule has 30 heavy (non-hydrogen) atoms. The third-order valence-corrected chi connectivity index (χ3v) is 9.20. The van der Waals surface area contributed by atoms with Crippen LogP contribution in [0.2, 0.25) is 0 Å². The second-order valence-electron chi connectivity index (χ2n) is 10.4. The molecular formula is C26H33NO3. The minimum absolute atomic E-state index is 0.0120. The zero-order valence-electron chi connectivity index (χ0n) is 18.1. The lowest BCUT2D eigenvalue weighted by Crippen LogP contribution is -2.50. The maximum Gasteiger partial charge on any atom is 0.338 e. The first-order valence-electron chi connectivity index (χ1n) is 11.6. The van der Waals surface area contributed by atoms with Crippen LogP contribution in [0.15, 0.2) is 47.1 Å². The number of allylic oxidation sites excluding steroid dienone is 1. The molecular weight excluding hydrogens is 374 g/mol. The van der Waals surface area contributed by atoms with Crippen LogP contribution in [0.4, 0.5) is 0 Å². The average molecular weight is 408 g/mol. The lowest BCUT2D eigenvalue weighted by molar-refractivity contribution is -0.0287. The molecule has 0 bridgehead atoms.